The number of carbonyl (C=O) groups is 1. The highest BCUT2D eigenvalue weighted by molar-refractivity contribution is 7.92. The number of hydrogen-bond donors (Lipinski definition) is 2. The van der Waals surface area contributed by atoms with Gasteiger partial charge in [-0.1, -0.05) is 6.07 Å². The molecule has 36 heavy (non-hydrogen) atoms. The number of thiophene rings is 1. The number of aromatic nitrogens is 3. The minimum absolute atomic E-state index is 0.0301. The first-order valence-corrected chi connectivity index (χ1v) is 13.7. The highest BCUT2D eigenvalue weighted by atomic mass is 32.2. The van der Waals surface area contributed by atoms with E-state index < -0.39 is 10.0 Å². The van der Waals surface area contributed by atoms with Crippen LogP contribution in [0.3, 0.4) is 0 Å². The maximum Gasteiger partial charge on any atom is 0.262 e. The summed E-state index contributed by atoms with van der Waals surface area (Å²) in [5.41, 5.74) is 1.99. The van der Waals surface area contributed by atoms with Gasteiger partial charge in [0.2, 0.25) is 5.88 Å². The van der Waals surface area contributed by atoms with Crippen molar-refractivity contribution in [1.29, 1.82) is 0 Å². The molecule has 0 radical (unpaired) electrons. The van der Waals surface area contributed by atoms with E-state index in [1.165, 1.54) is 30.6 Å². The summed E-state index contributed by atoms with van der Waals surface area (Å²) in [7, 11) is -2.60. The Morgan fingerprint density at radius 2 is 2.03 bits per heavy atom. The summed E-state index contributed by atoms with van der Waals surface area (Å²) < 4.78 is 35.4. The maximum atomic E-state index is 13.3. The average molecular weight is 523 g/mol. The van der Waals surface area contributed by atoms with Gasteiger partial charge in [0, 0.05) is 41.8 Å². The molecule has 3 aromatic heterocycles. The third kappa shape index (κ3) is 4.01. The molecule has 12 heteroatoms. The number of hydrogen-bond acceptors (Lipinski definition) is 9. The number of pyridine rings is 1. The Hall–Kier alpha value is -3.77. The van der Waals surface area contributed by atoms with Crippen molar-refractivity contribution >= 4 is 49.0 Å². The molecular formula is C24H22N6O4S2. The second-order valence-corrected chi connectivity index (χ2v) is 11.5. The summed E-state index contributed by atoms with van der Waals surface area (Å²) in [6.45, 7) is 2.07. The van der Waals surface area contributed by atoms with Gasteiger partial charge in [-0.25, -0.2) is 23.4 Å². The number of anilines is 2. The van der Waals surface area contributed by atoms with E-state index >= 15 is 0 Å². The molecule has 10 nitrogen and oxygen atoms in total. The van der Waals surface area contributed by atoms with Crippen molar-refractivity contribution in [2.75, 3.05) is 36.4 Å². The summed E-state index contributed by atoms with van der Waals surface area (Å²) in [5.74, 6) is 0.927. The highest BCUT2D eigenvalue weighted by Crippen LogP contribution is 2.40. The van der Waals surface area contributed by atoms with E-state index in [1.807, 2.05) is 6.07 Å². The first-order valence-electron chi connectivity index (χ1n) is 11.4. The normalized spacial score (nSPS) is 18.9. The van der Waals surface area contributed by atoms with Crippen LogP contribution in [0.1, 0.15) is 16.8 Å². The molecule has 1 fully saturated rings. The Bertz CT molecular complexity index is 1600. The molecular weight excluding hydrogens is 500 g/mol. The highest BCUT2D eigenvalue weighted by Gasteiger charge is 2.27. The Kier molecular flexibility index (Phi) is 5.49. The van der Waals surface area contributed by atoms with Gasteiger partial charge in [0.05, 0.1) is 22.2 Å². The first kappa shape index (κ1) is 22.7. The van der Waals surface area contributed by atoms with Gasteiger partial charge in [0.1, 0.15) is 17.8 Å². The number of rotatable bonds is 1. The predicted molar refractivity (Wildman–Crippen MR) is 137 cm³/mol. The van der Waals surface area contributed by atoms with Gasteiger partial charge in [-0.15, -0.1) is 11.3 Å². The van der Waals surface area contributed by atoms with Crippen molar-refractivity contribution in [1.82, 2.24) is 20.3 Å². The van der Waals surface area contributed by atoms with Crippen LogP contribution in [0.25, 0.3) is 20.7 Å². The quantitative estimate of drug-likeness (QED) is 0.391. The third-order valence-electron chi connectivity index (χ3n) is 6.41. The molecule has 1 amide bonds. The zero-order chi connectivity index (χ0) is 24.9. The van der Waals surface area contributed by atoms with Crippen LogP contribution in [-0.2, 0) is 10.0 Å². The monoisotopic (exact) mass is 522 g/mol. The van der Waals surface area contributed by atoms with E-state index in [2.05, 4.69) is 29.9 Å². The van der Waals surface area contributed by atoms with E-state index in [4.69, 9.17) is 4.74 Å². The van der Waals surface area contributed by atoms with E-state index in [-0.39, 0.29) is 33.9 Å². The maximum absolute atomic E-state index is 13.3. The standard InChI is InChI=1S/C24H22N6O4S2/c1-34-24-19-8-16(11-26-24)20-9-18-21(35-20)22(28-13-27-18)30-6-5-14(12-30)10-25-23(31)15-3-2-4-17(7-15)36(32,33)29-19/h2-4,7-9,11,13-14,29H,5-6,10,12H2,1H3,(H,25,31)/t14-/m1/s1. The largest absolute Gasteiger partial charge is 0.480 e. The number of nitrogens with one attached hydrogen (secondary N) is 2. The first-order chi connectivity index (χ1) is 17.4. The molecule has 8 bridgehead atoms. The van der Waals surface area contributed by atoms with Crippen molar-refractivity contribution in [3.05, 3.63) is 54.5 Å². The van der Waals surface area contributed by atoms with Gasteiger partial charge in [-0.2, -0.15) is 0 Å². The average Bonchev–Trinajstić information content (AvgIpc) is 3.54. The Balaban J connectivity index is 1.51. The van der Waals surface area contributed by atoms with Gasteiger partial charge in [0.25, 0.3) is 15.9 Å². The SMILES string of the molecule is COc1ncc2cc1NS(=O)(=O)c1cccc(c1)C(=O)NC[C@H]1CCN(C1)c1ncnc3cc-2sc13. The summed E-state index contributed by atoms with van der Waals surface area (Å²) in [6, 6.07) is 9.61. The number of carbonyl (C=O) groups excluding carboxylic acids is 1. The third-order valence-corrected chi connectivity index (χ3v) is 8.94. The lowest BCUT2D eigenvalue weighted by Gasteiger charge is -2.18. The Morgan fingerprint density at radius 1 is 1.14 bits per heavy atom. The van der Waals surface area contributed by atoms with Gasteiger partial charge in [-0.3, -0.25) is 9.52 Å². The molecule has 0 saturated carbocycles. The van der Waals surface area contributed by atoms with E-state index in [0.717, 1.165) is 46.0 Å². The van der Waals surface area contributed by atoms with Crippen LogP contribution in [0.15, 0.2) is 53.8 Å². The number of fused-ring (bicyclic) bond motifs is 9. The summed E-state index contributed by atoms with van der Waals surface area (Å²) >= 11 is 1.53. The molecule has 1 atom stereocenters. The van der Waals surface area contributed by atoms with Crippen LogP contribution in [0.4, 0.5) is 11.5 Å². The predicted octanol–water partition coefficient (Wildman–Crippen LogP) is 3.13. The Morgan fingerprint density at radius 3 is 2.89 bits per heavy atom. The number of ether oxygens (including phenoxy) is 1. The lowest BCUT2D eigenvalue weighted by molar-refractivity contribution is 0.0948. The molecule has 2 aliphatic heterocycles. The zero-order valence-corrected chi connectivity index (χ0v) is 20.9. The topological polar surface area (TPSA) is 126 Å². The molecule has 184 valence electrons. The van der Waals surface area contributed by atoms with Crippen molar-refractivity contribution in [3.63, 3.8) is 0 Å². The van der Waals surface area contributed by atoms with Crippen molar-refractivity contribution in [2.45, 2.75) is 11.3 Å². The summed E-state index contributed by atoms with van der Waals surface area (Å²) in [5, 5.41) is 2.96. The minimum Gasteiger partial charge on any atom is -0.480 e. The second kappa shape index (κ2) is 8.71. The second-order valence-electron chi connectivity index (χ2n) is 8.75. The minimum atomic E-state index is -4.03. The van der Waals surface area contributed by atoms with Gasteiger partial charge < -0.3 is 15.0 Å². The molecule has 4 aromatic rings. The smallest absolute Gasteiger partial charge is 0.262 e. The summed E-state index contributed by atoms with van der Waals surface area (Å²) in [6.07, 6.45) is 4.11. The molecule has 0 unspecified atom stereocenters. The van der Waals surface area contributed by atoms with Crippen molar-refractivity contribution < 1.29 is 17.9 Å². The zero-order valence-electron chi connectivity index (χ0n) is 19.3. The number of benzene rings is 1. The number of nitrogens with zero attached hydrogens (tertiary/aromatic N) is 4. The van der Waals surface area contributed by atoms with Gasteiger partial charge >= 0.3 is 0 Å². The van der Waals surface area contributed by atoms with E-state index in [9.17, 15) is 13.2 Å². The number of methoxy groups -OCH3 is 1. The molecule has 0 spiro atoms. The van der Waals surface area contributed by atoms with Gasteiger partial charge in [0.15, 0.2) is 0 Å². The van der Waals surface area contributed by atoms with E-state index in [1.54, 1.807) is 30.7 Å². The fourth-order valence-electron chi connectivity index (χ4n) is 4.57. The van der Waals surface area contributed by atoms with Crippen LogP contribution >= 0.6 is 11.3 Å². The van der Waals surface area contributed by atoms with Gasteiger partial charge in [-0.05, 0) is 42.7 Å². The lowest BCUT2D eigenvalue weighted by atomic mass is 10.1. The molecule has 0 aliphatic carbocycles. The summed E-state index contributed by atoms with van der Waals surface area (Å²) in [4.78, 5) is 29.3. The number of amides is 1. The van der Waals surface area contributed by atoms with Crippen LogP contribution in [0.5, 0.6) is 5.88 Å². The molecule has 1 saturated heterocycles. The molecule has 1 aromatic carbocycles. The van der Waals surface area contributed by atoms with Crippen LogP contribution in [-0.4, -0.2) is 56.0 Å². The fraction of sp³-hybridized carbons (Fsp3) is 0.250. The van der Waals surface area contributed by atoms with Crippen molar-refractivity contribution in [2.24, 2.45) is 5.92 Å². The fourth-order valence-corrected chi connectivity index (χ4v) is 6.77. The molecule has 2 N–H and O–H groups in total. The Labute approximate surface area is 211 Å². The van der Waals surface area contributed by atoms with Crippen LogP contribution < -0.4 is 19.7 Å². The van der Waals surface area contributed by atoms with Crippen molar-refractivity contribution in [3.8, 4) is 16.3 Å². The number of sulfonamides is 1. The van der Waals surface area contributed by atoms with Crippen LogP contribution in [0.2, 0.25) is 0 Å². The molecule has 2 aliphatic rings. The molecule has 6 rings (SSSR count). The lowest BCUT2D eigenvalue weighted by Crippen LogP contribution is -2.31. The van der Waals surface area contributed by atoms with E-state index in [0.29, 0.717) is 6.54 Å². The molecule has 5 heterocycles. The van der Waals surface area contributed by atoms with Crippen LogP contribution in [0, 0.1) is 5.92 Å².